The Bertz CT molecular complexity index is 648. The average Bonchev–Trinajstić information content (AvgIpc) is 2.97. The first kappa shape index (κ1) is 15.4. The zero-order valence-corrected chi connectivity index (χ0v) is 13.9. The lowest BCUT2D eigenvalue weighted by molar-refractivity contribution is -0.117. The third-order valence-corrected chi connectivity index (χ3v) is 5.10. The molecule has 1 N–H and O–H groups in total. The van der Waals surface area contributed by atoms with Crippen LogP contribution in [-0.4, -0.2) is 39.2 Å². The molecule has 118 valence electrons. The molecule has 2 aromatic rings. The highest BCUT2D eigenvalue weighted by Gasteiger charge is 2.23. The van der Waals surface area contributed by atoms with Gasteiger partial charge in [0.1, 0.15) is 11.0 Å². The molecule has 0 saturated heterocycles. The van der Waals surface area contributed by atoms with Gasteiger partial charge in [-0.05, 0) is 50.8 Å². The number of hydrogen-bond donors (Lipinski definition) is 1. The summed E-state index contributed by atoms with van der Waals surface area (Å²) in [5.74, 6) is 0.842. The van der Waals surface area contributed by atoms with Crippen molar-refractivity contribution in [2.45, 2.75) is 38.6 Å². The lowest BCUT2D eigenvalue weighted by Crippen LogP contribution is -2.39. The lowest BCUT2D eigenvalue weighted by Gasteiger charge is -2.33. The van der Waals surface area contributed by atoms with Crippen LogP contribution in [0.15, 0.2) is 18.2 Å². The topological polar surface area (TPSA) is 58.1 Å². The van der Waals surface area contributed by atoms with Gasteiger partial charge in [-0.3, -0.25) is 9.69 Å². The molecule has 1 amide bonds. The molecule has 0 bridgehead atoms. The van der Waals surface area contributed by atoms with Crippen LogP contribution in [0, 0.1) is 5.92 Å². The first-order valence-corrected chi connectivity index (χ1v) is 8.58. The minimum absolute atomic E-state index is 0.0154. The maximum Gasteiger partial charge on any atom is 0.238 e. The van der Waals surface area contributed by atoms with Crippen LogP contribution in [0.1, 0.15) is 32.6 Å². The second kappa shape index (κ2) is 6.71. The first-order valence-electron chi connectivity index (χ1n) is 7.85. The summed E-state index contributed by atoms with van der Waals surface area (Å²) in [4.78, 5) is 14.5. The van der Waals surface area contributed by atoms with Crippen molar-refractivity contribution in [3.8, 4) is 0 Å². The summed E-state index contributed by atoms with van der Waals surface area (Å²) in [6.45, 7) is 2.73. The molecule has 1 aliphatic rings. The van der Waals surface area contributed by atoms with Crippen LogP contribution in [-0.2, 0) is 4.79 Å². The maximum atomic E-state index is 12.3. The van der Waals surface area contributed by atoms with Gasteiger partial charge in [0.05, 0.1) is 24.0 Å². The van der Waals surface area contributed by atoms with E-state index in [0.717, 1.165) is 22.6 Å². The Kier molecular flexibility index (Phi) is 4.69. The molecule has 22 heavy (non-hydrogen) atoms. The van der Waals surface area contributed by atoms with E-state index in [2.05, 4.69) is 25.9 Å². The van der Waals surface area contributed by atoms with Crippen molar-refractivity contribution in [3.63, 3.8) is 0 Å². The smallest absolute Gasteiger partial charge is 0.238 e. The van der Waals surface area contributed by atoms with Gasteiger partial charge in [0.25, 0.3) is 0 Å². The number of carbonyl (C=O) groups excluding carboxylic acids is 1. The average molecular weight is 318 g/mol. The Morgan fingerprint density at radius 2 is 2.09 bits per heavy atom. The number of anilines is 1. The molecule has 1 aromatic heterocycles. The summed E-state index contributed by atoms with van der Waals surface area (Å²) in [5.41, 5.74) is 2.36. The molecule has 0 radical (unpaired) electrons. The minimum Gasteiger partial charge on any atom is -0.323 e. The van der Waals surface area contributed by atoms with Crippen LogP contribution in [0.5, 0.6) is 0 Å². The van der Waals surface area contributed by atoms with Crippen molar-refractivity contribution in [2.24, 2.45) is 5.92 Å². The SMILES string of the molecule is CC1CCC(N(C)CC(=O)Nc2cccc3nsnc23)CC1. The highest BCUT2D eigenvalue weighted by molar-refractivity contribution is 7.00. The van der Waals surface area contributed by atoms with E-state index < -0.39 is 0 Å². The number of benzene rings is 1. The van der Waals surface area contributed by atoms with Crippen LogP contribution in [0.25, 0.3) is 11.0 Å². The Labute approximate surface area is 135 Å². The molecule has 1 saturated carbocycles. The van der Waals surface area contributed by atoms with Crippen molar-refractivity contribution < 1.29 is 4.79 Å². The van der Waals surface area contributed by atoms with Gasteiger partial charge >= 0.3 is 0 Å². The molecule has 3 rings (SSSR count). The van der Waals surface area contributed by atoms with Gasteiger partial charge in [-0.1, -0.05) is 13.0 Å². The zero-order chi connectivity index (χ0) is 15.5. The Morgan fingerprint density at radius 3 is 2.86 bits per heavy atom. The van der Waals surface area contributed by atoms with Crippen LogP contribution in [0.4, 0.5) is 5.69 Å². The second-order valence-electron chi connectivity index (χ2n) is 6.31. The molecular formula is C16H22N4OS. The number of amides is 1. The van der Waals surface area contributed by atoms with E-state index in [9.17, 15) is 4.79 Å². The summed E-state index contributed by atoms with van der Waals surface area (Å²) in [6.07, 6.45) is 4.91. The molecule has 0 aliphatic heterocycles. The Morgan fingerprint density at radius 1 is 1.32 bits per heavy atom. The molecule has 1 aliphatic carbocycles. The van der Waals surface area contributed by atoms with Crippen molar-refractivity contribution in [1.29, 1.82) is 0 Å². The normalized spacial score (nSPS) is 22.1. The van der Waals surface area contributed by atoms with E-state index in [0.29, 0.717) is 12.6 Å². The third-order valence-electron chi connectivity index (χ3n) is 4.56. The van der Waals surface area contributed by atoms with Gasteiger partial charge in [-0.2, -0.15) is 8.75 Å². The van der Waals surface area contributed by atoms with Gasteiger partial charge in [0.15, 0.2) is 0 Å². The summed E-state index contributed by atoms with van der Waals surface area (Å²) >= 11 is 1.17. The monoisotopic (exact) mass is 318 g/mol. The van der Waals surface area contributed by atoms with Crippen molar-refractivity contribution >= 4 is 34.4 Å². The van der Waals surface area contributed by atoms with Crippen LogP contribution in [0.2, 0.25) is 0 Å². The van der Waals surface area contributed by atoms with Gasteiger partial charge in [0.2, 0.25) is 5.91 Å². The fourth-order valence-electron chi connectivity index (χ4n) is 3.14. The summed E-state index contributed by atoms with van der Waals surface area (Å²) in [6, 6.07) is 6.21. The molecule has 1 fully saturated rings. The second-order valence-corrected chi connectivity index (χ2v) is 6.84. The number of likely N-dealkylation sites (N-methyl/N-ethyl adjacent to an activating group) is 1. The van der Waals surface area contributed by atoms with Gasteiger partial charge in [0, 0.05) is 6.04 Å². The predicted molar refractivity (Wildman–Crippen MR) is 90.1 cm³/mol. The maximum absolute atomic E-state index is 12.3. The van der Waals surface area contributed by atoms with Crippen LogP contribution < -0.4 is 5.32 Å². The molecule has 0 spiro atoms. The zero-order valence-electron chi connectivity index (χ0n) is 13.1. The largest absolute Gasteiger partial charge is 0.323 e. The third kappa shape index (κ3) is 3.44. The van der Waals surface area contributed by atoms with Crippen molar-refractivity contribution in [3.05, 3.63) is 18.2 Å². The summed E-state index contributed by atoms with van der Waals surface area (Å²) in [7, 11) is 2.05. The number of carbonyl (C=O) groups is 1. The molecule has 1 aromatic carbocycles. The molecular weight excluding hydrogens is 296 g/mol. The molecule has 0 unspecified atom stereocenters. The van der Waals surface area contributed by atoms with Crippen molar-refractivity contribution in [1.82, 2.24) is 13.6 Å². The number of rotatable bonds is 4. The van der Waals surface area contributed by atoms with Crippen molar-refractivity contribution in [2.75, 3.05) is 18.9 Å². The van der Waals surface area contributed by atoms with E-state index in [4.69, 9.17) is 0 Å². The Hall–Kier alpha value is -1.53. The van der Waals surface area contributed by atoms with Gasteiger partial charge in [-0.25, -0.2) is 0 Å². The summed E-state index contributed by atoms with van der Waals surface area (Å²) in [5, 5.41) is 2.97. The molecule has 1 heterocycles. The number of hydrogen-bond acceptors (Lipinski definition) is 5. The van der Waals surface area contributed by atoms with E-state index in [-0.39, 0.29) is 5.91 Å². The quantitative estimate of drug-likeness (QED) is 0.941. The van der Waals surface area contributed by atoms with E-state index >= 15 is 0 Å². The number of fused-ring (bicyclic) bond motifs is 1. The fraction of sp³-hybridized carbons (Fsp3) is 0.562. The van der Waals surface area contributed by atoms with Gasteiger partial charge < -0.3 is 5.32 Å². The first-order chi connectivity index (χ1) is 10.6. The van der Waals surface area contributed by atoms with E-state index in [1.807, 2.05) is 25.2 Å². The molecule has 6 heteroatoms. The lowest BCUT2D eigenvalue weighted by atomic mass is 9.87. The number of nitrogens with one attached hydrogen (secondary N) is 1. The molecule has 0 atom stereocenters. The minimum atomic E-state index is 0.0154. The number of aromatic nitrogens is 2. The van der Waals surface area contributed by atoms with E-state index in [1.165, 1.54) is 37.4 Å². The fourth-order valence-corrected chi connectivity index (χ4v) is 3.69. The van der Waals surface area contributed by atoms with Crippen LogP contribution >= 0.6 is 11.7 Å². The predicted octanol–water partition coefficient (Wildman–Crippen LogP) is 3.14. The summed E-state index contributed by atoms with van der Waals surface area (Å²) < 4.78 is 8.45. The highest BCUT2D eigenvalue weighted by Crippen LogP contribution is 2.26. The van der Waals surface area contributed by atoms with Crippen LogP contribution in [0.3, 0.4) is 0 Å². The Balaban J connectivity index is 1.59. The van der Waals surface area contributed by atoms with Gasteiger partial charge in [-0.15, -0.1) is 0 Å². The highest BCUT2D eigenvalue weighted by atomic mass is 32.1. The molecule has 5 nitrogen and oxygen atoms in total. The number of nitrogens with zero attached hydrogens (tertiary/aromatic N) is 3. The van der Waals surface area contributed by atoms with E-state index in [1.54, 1.807) is 0 Å². The standard InChI is InChI=1S/C16H22N4OS/c1-11-6-8-12(9-7-11)20(2)10-15(21)17-13-4-3-5-14-16(13)19-22-18-14/h3-5,11-12H,6-10H2,1-2H3,(H,17,21).